The molecule has 0 radical (unpaired) electrons. The SMILES string of the molecule is O=C(NCCCN1CCc2ccccc2C1)[C@H]1C[C@H]1C(=O)O. The molecule has 0 unspecified atom stereocenters. The largest absolute Gasteiger partial charge is 0.481 e. The number of carbonyl (C=O) groups is 2. The first kappa shape index (κ1) is 15.0. The van der Waals surface area contributed by atoms with E-state index < -0.39 is 11.9 Å². The highest BCUT2D eigenvalue weighted by Gasteiger charge is 2.48. The number of hydrogen-bond acceptors (Lipinski definition) is 3. The summed E-state index contributed by atoms with van der Waals surface area (Å²) in [7, 11) is 0. The molecule has 1 fully saturated rings. The summed E-state index contributed by atoms with van der Waals surface area (Å²) in [6, 6.07) is 8.55. The van der Waals surface area contributed by atoms with Gasteiger partial charge in [-0.1, -0.05) is 24.3 Å². The lowest BCUT2D eigenvalue weighted by atomic mass is 10.00. The first-order valence-corrected chi connectivity index (χ1v) is 7.95. The summed E-state index contributed by atoms with van der Waals surface area (Å²) >= 11 is 0. The number of aliphatic carboxylic acids is 1. The van der Waals surface area contributed by atoms with Gasteiger partial charge in [0, 0.05) is 26.2 Å². The van der Waals surface area contributed by atoms with Crippen LogP contribution in [-0.4, -0.2) is 41.5 Å². The quantitative estimate of drug-likeness (QED) is 0.777. The van der Waals surface area contributed by atoms with Gasteiger partial charge in [-0.25, -0.2) is 0 Å². The van der Waals surface area contributed by atoms with Crippen LogP contribution in [0, 0.1) is 11.8 Å². The van der Waals surface area contributed by atoms with Gasteiger partial charge in [0.05, 0.1) is 11.8 Å². The minimum atomic E-state index is -0.855. The Bertz CT molecular complexity index is 573. The number of fused-ring (bicyclic) bond motifs is 1. The fourth-order valence-corrected chi connectivity index (χ4v) is 3.15. The van der Waals surface area contributed by atoms with Crippen molar-refractivity contribution in [2.24, 2.45) is 11.8 Å². The number of rotatable bonds is 6. The molecule has 1 aliphatic heterocycles. The van der Waals surface area contributed by atoms with Crippen LogP contribution in [0.2, 0.25) is 0 Å². The zero-order valence-electron chi connectivity index (χ0n) is 12.6. The third-order valence-corrected chi connectivity index (χ3v) is 4.60. The number of carboxylic acid groups (broad SMARTS) is 1. The molecule has 2 aliphatic rings. The molecular weight excluding hydrogens is 280 g/mol. The average Bonchev–Trinajstić information content (AvgIpc) is 3.32. The molecule has 2 atom stereocenters. The van der Waals surface area contributed by atoms with Crippen LogP contribution in [0.3, 0.4) is 0 Å². The average molecular weight is 302 g/mol. The van der Waals surface area contributed by atoms with Crippen LogP contribution in [0.1, 0.15) is 24.0 Å². The monoisotopic (exact) mass is 302 g/mol. The van der Waals surface area contributed by atoms with Crippen molar-refractivity contribution in [1.82, 2.24) is 10.2 Å². The van der Waals surface area contributed by atoms with E-state index in [1.54, 1.807) is 0 Å². The Morgan fingerprint density at radius 1 is 1.23 bits per heavy atom. The van der Waals surface area contributed by atoms with Crippen LogP contribution in [0.25, 0.3) is 0 Å². The van der Waals surface area contributed by atoms with Crippen molar-refractivity contribution in [2.75, 3.05) is 19.6 Å². The third-order valence-electron chi connectivity index (χ3n) is 4.60. The molecule has 1 saturated carbocycles. The summed E-state index contributed by atoms with van der Waals surface area (Å²) in [6.07, 6.45) is 2.48. The van der Waals surface area contributed by atoms with Crippen LogP contribution >= 0.6 is 0 Å². The van der Waals surface area contributed by atoms with E-state index in [9.17, 15) is 9.59 Å². The molecule has 5 nitrogen and oxygen atoms in total. The van der Waals surface area contributed by atoms with Crippen molar-refractivity contribution in [3.05, 3.63) is 35.4 Å². The Kier molecular flexibility index (Phi) is 4.43. The van der Waals surface area contributed by atoms with E-state index in [0.29, 0.717) is 13.0 Å². The van der Waals surface area contributed by atoms with Gasteiger partial charge in [0.25, 0.3) is 0 Å². The number of nitrogens with zero attached hydrogens (tertiary/aromatic N) is 1. The van der Waals surface area contributed by atoms with Crippen LogP contribution < -0.4 is 5.32 Å². The second-order valence-corrected chi connectivity index (χ2v) is 6.23. The van der Waals surface area contributed by atoms with E-state index in [1.807, 2.05) is 0 Å². The van der Waals surface area contributed by atoms with Crippen LogP contribution in [0.4, 0.5) is 0 Å². The summed E-state index contributed by atoms with van der Waals surface area (Å²) < 4.78 is 0. The lowest BCUT2D eigenvalue weighted by Gasteiger charge is -2.28. The number of benzene rings is 1. The highest BCUT2D eigenvalue weighted by Crippen LogP contribution is 2.38. The third kappa shape index (κ3) is 3.47. The van der Waals surface area contributed by atoms with Gasteiger partial charge >= 0.3 is 5.97 Å². The molecule has 0 spiro atoms. The second-order valence-electron chi connectivity index (χ2n) is 6.23. The van der Waals surface area contributed by atoms with E-state index in [2.05, 4.69) is 34.5 Å². The Labute approximate surface area is 130 Å². The van der Waals surface area contributed by atoms with Crippen LogP contribution in [-0.2, 0) is 22.6 Å². The van der Waals surface area contributed by atoms with E-state index in [1.165, 1.54) is 11.1 Å². The molecule has 1 aromatic rings. The smallest absolute Gasteiger partial charge is 0.307 e. The molecule has 0 bridgehead atoms. The van der Waals surface area contributed by atoms with Crippen molar-refractivity contribution in [3.63, 3.8) is 0 Å². The van der Waals surface area contributed by atoms with Crippen molar-refractivity contribution >= 4 is 11.9 Å². The summed E-state index contributed by atoms with van der Waals surface area (Å²) in [5.74, 6) is -1.72. The summed E-state index contributed by atoms with van der Waals surface area (Å²) in [5.41, 5.74) is 2.85. The van der Waals surface area contributed by atoms with Crippen LogP contribution in [0.5, 0.6) is 0 Å². The fraction of sp³-hybridized carbons (Fsp3) is 0.529. The fourth-order valence-electron chi connectivity index (χ4n) is 3.15. The molecule has 1 aliphatic carbocycles. The van der Waals surface area contributed by atoms with Gasteiger partial charge in [-0.2, -0.15) is 0 Å². The van der Waals surface area contributed by atoms with E-state index in [4.69, 9.17) is 5.11 Å². The van der Waals surface area contributed by atoms with E-state index in [-0.39, 0.29) is 11.8 Å². The van der Waals surface area contributed by atoms with Gasteiger partial charge in [0.15, 0.2) is 0 Å². The van der Waals surface area contributed by atoms with Gasteiger partial charge in [0.1, 0.15) is 0 Å². The minimum absolute atomic E-state index is 0.101. The normalized spacial score (nSPS) is 23.6. The number of hydrogen-bond donors (Lipinski definition) is 2. The Morgan fingerprint density at radius 3 is 2.73 bits per heavy atom. The van der Waals surface area contributed by atoms with E-state index in [0.717, 1.165) is 32.5 Å². The Hall–Kier alpha value is -1.88. The number of carbonyl (C=O) groups excluding carboxylic acids is 1. The van der Waals surface area contributed by atoms with Crippen molar-refractivity contribution < 1.29 is 14.7 Å². The molecule has 0 aromatic heterocycles. The first-order chi connectivity index (χ1) is 10.6. The molecule has 5 heteroatoms. The zero-order valence-corrected chi connectivity index (χ0v) is 12.6. The summed E-state index contributed by atoms with van der Waals surface area (Å²) in [4.78, 5) is 24.9. The first-order valence-electron chi connectivity index (χ1n) is 7.95. The van der Waals surface area contributed by atoms with Crippen molar-refractivity contribution in [2.45, 2.75) is 25.8 Å². The Morgan fingerprint density at radius 2 is 2.00 bits per heavy atom. The lowest BCUT2D eigenvalue weighted by Crippen LogP contribution is -2.34. The van der Waals surface area contributed by atoms with Gasteiger partial charge in [0.2, 0.25) is 5.91 Å². The molecule has 1 heterocycles. The highest BCUT2D eigenvalue weighted by atomic mass is 16.4. The van der Waals surface area contributed by atoms with Crippen molar-refractivity contribution in [1.29, 1.82) is 0 Å². The molecule has 3 rings (SSSR count). The van der Waals surface area contributed by atoms with Gasteiger partial charge in [-0.05, 0) is 30.4 Å². The number of amides is 1. The summed E-state index contributed by atoms with van der Waals surface area (Å²) in [6.45, 7) is 3.63. The maximum atomic E-state index is 11.7. The molecule has 2 N–H and O–H groups in total. The lowest BCUT2D eigenvalue weighted by molar-refractivity contribution is -0.140. The predicted octanol–water partition coefficient (Wildman–Crippen LogP) is 1.27. The van der Waals surface area contributed by atoms with Gasteiger partial charge < -0.3 is 10.4 Å². The zero-order chi connectivity index (χ0) is 15.5. The molecule has 0 saturated heterocycles. The molecule has 118 valence electrons. The Balaban J connectivity index is 1.35. The standard InChI is InChI=1S/C17H22N2O3/c20-16(14-10-15(14)17(21)22)18-7-3-8-19-9-6-12-4-1-2-5-13(12)11-19/h1-2,4-5,14-15H,3,6-11H2,(H,18,20)(H,21,22)/t14-,15+/m0/s1. The number of nitrogens with one attached hydrogen (secondary N) is 1. The highest BCUT2D eigenvalue weighted by molar-refractivity contribution is 5.89. The number of carboxylic acids is 1. The predicted molar refractivity (Wildman–Crippen MR) is 82.3 cm³/mol. The summed E-state index contributed by atoms with van der Waals surface area (Å²) in [5, 5.41) is 11.7. The second kappa shape index (κ2) is 6.48. The molecule has 1 aromatic carbocycles. The molecular formula is C17H22N2O3. The van der Waals surface area contributed by atoms with E-state index >= 15 is 0 Å². The maximum Gasteiger partial charge on any atom is 0.307 e. The van der Waals surface area contributed by atoms with Crippen LogP contribution in [0.15, 0.2) is 24.3 Å². The molecule has 22 heavy (non-hydrogen) atoms. The van der Waals surface area contributed by atoms with Gasteiger partial charge in [-0.15, -0.1) is 0 Å². The van der Waals surface area contributed by atoms with Crippen molar-refractivity contribution in [3.8, 4) is 0 Å². The topological polar surface area (TPSA) is 69.6 Å². The minimum Gasteiger partial charge on any atom is -0.481 e. The maximum absolute atomic E-state index is 11.7. The molecule has 1 amide bonds. The van der Waals surface area contributed by atoms with Gasteiger partial charge in [-0.3, -0.25) is 14.5 Å².